The summed E-state index contributed by atoms with van der Waals surface area (Å²) in [4.78, 5) is 39.3. The molecule has 7 heteroatoms. The van der Waals surface area contributed by atoms with E-state index in [1.54, 1.807) is 7.11 Å². The smallest absolute Gasteiger partial charge is 0.254 e. The predicted molar refractivity (Wildman–Crippen MR) is 124 cm³/mol. The average molecular weight is 443 g/mol. The molecule has 1 saturated carbocycles. The second-order valence-electron chi connectivity index (χ2n) is 10.3. The van der Waals surface area contributed by atoms with Gasteiger partial charge in [0.15, 0.2) is 0 Å². The molecule has 0 unspecified atom stereocenters. The van der Waals surface area contributed by atoms with E-state index < -0.39 is 5.60 Å². The number of carbonyl (C=O) groups is 2. The lowest BCUT2D eigenvalue weighted by molar-refractivity contribution is -0.152. The molecule has 0 N–H and O–H groups in total. The minimum Gasteiger partial charge on any atom is -0.369 e. The van der Waals surface area contributed by atoms with Gasteiger partial charge >= 0.3 is 0 Å². The molecule has 3 aliphatic rings. The van der Waals surface area contributed by atoms with Crippen molar-refractivity contribution >= 4 is 17.6 Å². The zero-order valence-corrected chi connectivity index (χ0v) is 20.2. The molecular weight excluding hydrogens is 404 g/mol. The lowest BCUT2D eigenvalue weighted by atomic mass is 9.88. The van der Waals surface area contributed by atoms with Crippen LogP contribution in [0, 0.1) is 12.8 Å². The molecule has 1 aromatic rings. The van der Waals surface area contributed by atoms with Crippen molar-refractivity contribution in [1.29, 1.82) is 0 Å². The maximum absolute atomic E-state index is 12.9. The number of carbonyl (C=O) groups excluding carboxylic acids is 2. The van der Waals surface area contributed by atoms with Gasteiger partial charge in [-0.3, -0.25) is 14.5 Å². The summed E-state index contributed by atoms with van der Waals surface area (Å²) in [5, 5.41) is 0. The minimum absolute atomic E-state index is 0.0326. The Bertz CT molecular complexity index is 855. The van der Waals surface area contributed by atoms with Crippen LogP contribution in [-0.2, 0) is 20.7 Å². The minimum atomic E-state index is -0.800. The van der Waals surface area contributed by atoms with Crippen LogP contribution in [0.25, 0.3) is 0 Å². The summed E-state index contributed by atoms with van der Waals surface area (Å²) in [6, 6.07) is 0. The van der Waals surface area contributed by atoms with Gasteiger partial charge < -0.3 is 9.64 Å². The van der Waals surface area contributed by atoms with E-state index in [2.05, 4.69) is 6.92 Å². The number of aromatic nitrogens is 2. The Kier molecular flexibility index (Phi) is 6.84. The fourth-order valence-corrected chi connectivity index (χ4v) is 5.41. The van der Waals surface area contributed by atoms with E-state index in [1.165, 1.54) is 32.1 Å². The molecule has 0 atom stereocenters. The average Bonchev–Trinajstić information content (AvgIpc) is 2.81. The van der Waals surface area contributed by atoms with Gasteiger partial charge in [-0.1, -0.05) is 19.3 Å². The molecule has 0 aromatic carbocycles. The number of fused-ring (bicyclic) bond motifs is 1. The molecule has 176 valence electrons. The van der Waals surface area contributed by atoms with Crippen LogP contribution in [0.5, 0.6) is 0 Å². The van der Waals surface area contributed by atoms with Crippen molar-refractivity contribution in [3.63, 3.8) is 0 Å². The van der Waals surface area contributed by atoms with E-state index in [9.17, 15) is 9.59 Å². The van der Waals surface area contributed by atoms with E-state index in [-0.39, 0.29) is 17.7 Å². The molecule has 4 rings (SSSR count). The standard InChI is InChI=1S/C25H38N4O3/c1-17-20-10-11-21(30)29(16-18-8-6-5-7-9-18)23(20)27-22(26-17)19-12-14-28(15-13-19)24(31)25(2,3)32-4/h18-19H,5-16H2,1-4H3. The summed E-state index contributed by atoms with van der Waals surface area (Å²) in [5.41, 5.74) is 1.34. The van der Waals surface area contributed by atoms with Gasteiger partial charge in [-0.25, -0.2) is 9.97 Å². The van der Waals surface area contributed by atoms with Crippen molar-refractivity contribution < 1.29 is 14.3 Å². The zero-order chi connectivity index (χ0) is 22.9. The summed E-state index contributed by atoms with van der Waals surface area (Å²) in [6.07, 6.45) is 9.23. The highest BCUT2D eigenvalue weighted by molar-refractivity contribution is 5.95. The van der Waals surface area contributed by atoms with Crippen LogP contribution in [0.3, 0.4) is 0 Å². The van der Waals surface area contributed by atoms with E-state index in [1.807, 2.05) is 23.6 Å². The van der Waals surface area contributed by atoms with Gasteiger partial charge in [0.05, 0.1) is 0 Å². The number of methoxy groups -OCH3 is 1. The monoisotopic (exact) mass is 442 g/mol. The number of piperidine rings is 1. The number of likely N-dealkylation sites (tertiary alicyclic amines) is 1. The third-order valence-corrected chi connectivity index (χ3v) is 7.69. The Morgan fingerprint density at radius 1 is 1.06 bits per heavy atom. The first-order valence-electron chi connectivity index (χ1n) is 12.3. The second kappa shape index (κ2) is 9.46. The predicted octanol–water partition coefficient (Wildman–Crippen LogP) is 3.78. The Labute approximate surface area is 191 Å². The summed E-state index contributed by atoms with van der Waals surface area (Å²) >= 11 is 0. The van der Waals surface area contributed by atoms with Crippen molar-refractivity contribution in [3.8, 4) is 0 Å². The van der Waals surface area contributed by atoms with Gasteiger partial charge in [0.25, 0.3) is 5.91 Å². The molecule has 3 heterocycles. The molecule has 1 aliphatic carbocycles. The number of hydrogen-bond acceptors (Lipinski definition) is 5. The Balaban J connectivity index is 1.51. The van der Waals surface area contributed by atoms with Crippen LogP contribution in [0.1, 0.15) is 88.2 Å². The van der Waals surface area contributed by atoms with E-state index >= 15 is 0 Å². The third-order valence-electron chi connectivity index (χ3n) is 7.69. The zero-order valence-electron chi connectivity index (χ0n) is 20.2. The normalized spacial score (nSPS) is 21.1. The Morgan fingerprint density at radius 2 is 1.75 bits per heavy atom. The van der Waals surface area contributed by atoms with Crippen LogP contribution in [0.15, 0.2) is 0 Å². The number of amides is 2. The van der Waals surface area contributed by atoms with Crippen molar-refractivity contribution in [2.75, 3.05) is 31.6 Å². The van der Waals surface area contributed by atoms with E-state index in [4.69, 9.17) is 14.7 Å². The summed E-state index contributed by atoms with van der Waals surface area (Å²) < 4.78 is 5.37. The van der Waals surface area contributed by atoms with E-state index in [0.717, 1.165) is 48.7 Å². The molecular formula is C25H38N4O3. The van der Waals surface area contributed by atoms with E-state index in [0.29, 0.717) is 25.4 Å². The maximum atomic E-state index is 12.9. The highest BCUT2D eigenvalue weighted by atomic mass is 16.5. The number of aryl methyl sites for hydroxylation is 1. The van der Waals surface area contributed by atoms with Gasteiger partial charge in [-0.05, 0) is 58.8 Å². The van der Waals surface area contributed by atoms with Crippen LogP contribution >= 0.6 is 0 Å². The van der Waals surface area contributed by atoms with Crippen molar-refractivity contribution in [2.45, 2.75) is 90.1 Å². The first-order chi connectivity index (χ1) is 15.3. The van der Waals surface area contributed by atoms with Crippen LogP contribution < -0.4 is 4.90 Å². The molecule has 0 radical (unpaired) electrons. The summed E-state index contributed by atoms with van der Waals surface area (Å²) in [5.74, 6) is 2.72. The molecule has 7 nitrogen and oxygen atoms in total. The van der Waals surface area contributed by atoms with Crippen LogP contribution in [0.4, 0.5) is 5.82 Å². The topological polar surface area (TPSA) is 75.6 Å². The Hall–Kier alpha value is -2.02. The molecule has 2 amide bonds. The van der Waals surface area contributed by atoms with Gasteiger partial charge in [0, 0.05) is 50.3 Å². The fourth-order valence-electron chi connectivity index (χ4n) is 5.41. The molecule has 0 spiro atoms. The lowest BCUT2D eigenvalue weighted by Gasteiger charge is -2.37. The van der Waals surface area contributed by atoms with Crippen molar-refractivity contribution in [2.24, 2.45) is 5.92 Å². The van der Waals surface area contributed by atoms with Crippen LogP contribution in [-0.4, -0.2) is 59.0 Å². The molecule has 1 aromatic heterocycles. The van der Waals surface area contributed by atoms with Crippen molar-refractivity contribution in [1.82, 2.24) is 14.9 Å². The number of hydrogen-bond donors (Lipinski definition) is 0. The fraction of sp³-hybridized carbons (Fsp3) is 0.760. The summed E-state index contributed by atoms with van der Waals surface area (Å²) in [6.45, 7) is 7.84. The number of rotatable bonds is 5. The Morgan fingerprint density at radius 3 is 2.41 bits per heavy atom. The summed E-state index contributed by atoms with van der Waals surface area (Å²) in [7, 11) is 1.58. The number of anilines is 1. The molecule has 0 bridgehead atoms. The number of ether oxygens (including phenoxy) is 1. The first-order valence-corrected chi connectivity index (χ1v) is 12.3. The highest BCUT2D eigenvalue weighted by Crippen LogP contribution is 2.35. The third kappa shape index (κ3) is 4.68. The van der Waals surface area contributed by atoms with Gasteiger partial charge in [-0.15, -0.1) is 0 Å². The highest BCUT2D eigenvalue weighted by Gasteiger charge is 2.36. The molecule has 2 aliphatic heterocycles. The largest absolute Gasteiger partial charge is 0.369 e. The maximum Gasteiger partial charge on any atom is 0.254 e. The molecule has 32 heavy (non-hydrogen) atoms. The van der Waals surface area contributed by atoms with Crippen molar-refractivity contribution in [3.05, 3.63) is 17.1 Å². The van der Waals surface area contributed by atoms with Crippen LogP contribution in [0.2, 0.25) is 0 Å². The lowest BCUT2D eigenvalue weighted by Crippen LogP contribution is -2.49. The first kappa shape index (κ1) is 23.1. The van der Waals surface area contributed by atoms with Gasteiger partial charge in [-0.2, -0.15) is 0 Å². The van der Waals surface area contributed by atoms with Gasteiger partial charge in [0.1, 0.15) is 17.2 Å². The van der Waals surface area contributed by atoms with Gasteiger partial charge in [0.2, 0.25) is 5.91 Å². The SMILES string of the molecule is COC(C)(C)C(=O)N1CCC(c2nc(C)c3c(n2)N(CC2CCCCC2)C(=O)CC3)CC1. The molecule has 2 fully saturated rings. The quantitative estimate of drug-likeness (QED) is 0.694. The second-order valence-corrected chi connectivity index (χ2v) is 10.3. The number of nitrogens with zero attached hydrogens (tertiary/aromatic N) is 4. The molecule has 1 saturated heterocycles.